The molecule has 0 saturated heterocycles. The summed E-state index contributed by atoms with van der Waals surface area (Å²) in [6, 6.07) is 7.57. The fraction of sp³-hybridized carbons (Fsp3) is 0.462. The standard InChI is InChI=1S/C13H19NO3/c1-4-16-13(15)10(2)9-17-12-7-5-11(14-3)6-8-12/h5-8,10,14H,4,9H2,1-3H3. The first-order valence-electron chi connectivity index (χ1n) is 5.74. The monoisotopic (exact) mass is 237 g/mol. The number of hydrogen-bond donors (Lipinski definition) is 1. The molecule has 94 valence electrons. The minimum atomic E-state index is -0.251. The van der Waals surface area contributed by atoms with E-state index in [0.717, 1.165) is 11.4 Å². The van der Waals surface area contributed by atoms with Crippen LogP contribution in [-0.2, 0) is 9.53 Å². The van der Waals surface area contributed by atoms with Gasteiger partial charge in [0, 0.05) is 12.7 Å². The van der Waals surface area contributed by atoms with Gasteiger partial charge in [0.25, 0.3) is 0 Å². The molecule has 0 heterocycles. The van der Waals surface area contributed by atoms with Gasteiger partial charge < -0.3 is 14.8 Å². The number of rotatable bonds is 6. The van der Waals surface area contributed by atoms with Crippen LogP contribution in [0.4, 0.5) is 5.69 Å². The van der Waals surface area contributed by atoms with E-state index in [1.807, 2.05) is 31.3 Å². The quantitative estimate of drug-likeness (QED) is 0.771. The maximum atomic E-state index is 11.4. The zero-order chi connectivity index (χ0) is 12.7. The van der Waals surface area contributed by atoms with Crippen LogP contribution in [0.25, 0.3) is 0 Å². The van der Waals surface area contributed by atoms with Crippen molar-refractivity contribution in [2.75, 3.05) is 25.6 Å². The van der Waals surface area contributed by atoms with Crippen LogP contribution in [0.5, 0.6) is 5.75 Å². The predicted molar refractivity (Wildman–Crippen MR) is 67.3 cm³/mol. The number of anilines is 1. The second-order valence-corrected chi connectivity index (χ2v) is 3.74. The first kappa shape index (κ1) is 13.4. The van der Waals surface area contributed by atoms with Crippen LogP contribution in [0.15, 0.2) is 24.3 Å². The van der Waals surface area contributed by atoms with Crippen LogP contribution in [-0.4, -0.2) is 26.2 Å². The van der Waals surface area contributed by atoms with Crippen LogP contribution in [0.1, 0.15) is 13.8 Å². The molecule has 0 aliphatic carbocycles. The Morgan fingerprint density at radius 2 is 2.00 bits per heavy atom. The van der Waals surface area contributed by atoms with Gasteiger partial charge in [-0.1, -0.05) is 0 Å². The van der Waals surface area contributed by atoms with Gasteiger partial charge in [-0.3, -0.25) is 4.79 Å². The lowest BCUT2D eigenvalue weighted by atomic mass is 10.2. The zero-order valence-corrected chi connectivity index (χ0v) is 10.5. The third kappa shape index (κ3) is 4.34. The van der Waals surface area contributed by atoms with Crippen molar-refractivity contribution in [2.24, 2.45) is 5.92 Å². The average molecular weight is 237 g/mol. The molecule has 1 atom stereocenters. The molecule has 0 fully saturated rings. The Morgan fingerprint density at radius 3 is 2.53 bits per heavy atom. The fourth-order valence-electron chi connectivity index (χ4n) is 1.29. The molecule has 17 heavy (non-hydrogen) atoms. The van der Waals surface area contributed by atoms with Gasteiger partial charge in [-0.15, -0.1) is 0 Å². The van der Waals surface area contributed by atoms with E-state index in [9.17, 15) is 4.79 Å². The van der Waals surface area contributed by atoms with Gasteiger partial charge in [-0.05, 0) is 38.1 Å². The summed E-state index contributed by atoms with van der Waals surface area (Å²) in [6.45, 7) is 4.32. The summed E-state index contributed by atoms with van der Waals surface area (Å²) in [6.07, 6.45) is 0. The van der Waals surface area contributed by atoms with Gasteiger partial charge in [0.15, 0.2) is 0 Å². The molecular weight excluding hydrogens is 218 g/mol. The Bertz CT molecular complexity index is 348. The summed E-state index contributed by atoms with van der Waals surface area (Å²) in [5, 5.41) is 3.02. The number of carbonyl (C=O) groups excluding carboxylic acids is 1. The molecule has 0 bridgehead atoms. The van der Waals surface area contributed by atoms with E-state index in [0.29, 0.717) is 13.2 Å². The van der Waals surface area contributed by atoms with E-state index in [4.69, 9.17) is 9.47 Å². The summed E-state index contributed by atoms with van der Waals surface area (Å²) in [5.74, 6) is 0.276. The topological polar surface area (TPSA) is 47.6 Å². The van der Waals surface area contributed by atoms with Crippen molar-refractivity contribution < 1.29 is 14.3 Å². The molecule has 0 saturated carbocycles. The van der Waals surface area contributed by atoms with E-state index in [2.05, 4.69) is 5.32 Å². The number of carbonyl (C=O) groups is 1. The van der Waals surface area contributed by atoms with Crippen LogP contribution in [0, 0.1) is 5.92 Å². The van der Waals surface area contributed by atoms with E-state index >= 15 is 0 Å². The second kappa shape index (κ2) is 6.78. The molecule has 4 heteroatoms. The molecule has 1 aromatic rings. The number of benzene rings is 1. The van der Waals surface area contributed by atoms with Crippen LogP contribution >= 0.6 is 0 Å². The van der Waals surface area contributed by atoms with Crippen molar-refractivity contribution in [3.63, 3.8) is 0 Å². The van der Waals surface area contributed by atoms with E-state index in [1.165, 1.54) is 0 Å². The molecule has 4 nitrogen and oxygen atoms in total. The van der Waals surface area contributed by atoms with E-state index in [1.54, 1.807) is 13.8 Å². The van der Waals surface area contributed by atoms with Gasteiger partial charge in [-0.25, -0.2) is 0 Å². The van der Waals surface area contributed by atoms with Crippen molar-refractivity contribution in [3.05, 3.63) is 24.3 Å². The van der Waals surface area contributed by atoms with Crippen molar-refractivity contribution in [3.8, 4) is 5.75 Å². The Morgan fingerprint density at radius 1 is 1.35 bits per heavy atom. The number of ether oxygens (including phenoxy) is 2. The molecular formula is C13H19NO3. The third-order valence-electron chi connectivity index (χ3n) is 2.33. The molecule has 0 spiro atoms. The summed E-state index contributed by atoms with van der Waals surface area (Å²) < 4.78 is 10.4. The van der Waals surface area contributed by atoms with Gasteiger partial charge in [0.05, 0.1) is 12.5 Å². The number of esters is 1. The van der Waals surface area contributed by atoms with E-state index in [-0.39, 0.29) is 11.9 Å². The maximum absolute atomic E-state index is 11.4. The Balaban J connectivity index is 2.41. The predicted octanol–water partition coefficient (Wildman–Crippen LogP) is 2.31. The highest BCUT2D eigenvalue weighted by Gasteiger charge is 2.14. The number of nitrogens with one attached hydrogen (secondary N) is 1. The lowest BCUT2D eigenvalue weighted by Crippen LogP contribution is -2.21. The van der Waals surface area contributed by atoms with Gasteiger partial charge in [0.2, 0.25) is 0 Å². The minimum Gasteiger partial charge on any atom is -0.493 e. The summed E-state index contributed by atoms with van der Waals surface area (Å²) >= 11 is 0. The van der Waals surface area contributed by atoms with Crippen LogP contribution in [0.2, 0.25) is 0 Å². The zero-order valence-electron chi connectivity index (χ0n) is 10.5. The summed E-state index contributed by atoms with van der Waals surface area (Å²) in [4.78, 5) is 11.4. The highest BCUT2D eigenvalue weighted by molar-refractivity contribution is 5.72. The number of hydrogen-bond acceptors (Lipinski definition) is 4. The maximum Gasteiger partial charge on any atom is 0.312 e. The van der Waals surface area contributed by atoms with Gasteiger partial charge in [-0.2, -0.15) is 0 Å². The molecule has 1 N–H and O–H groups in total. The smallest absolute Gasteiger partial charge is 0.312 e. The molecule has 0 aliphatic heterocycles. The molecule has 0 aliphatic rings. The first-order valence-corrected chi connectivity index (χ1v) is 5.74. The van der Waals surface area contributed by atoms with Crippen LogP contribution in [0.3, 0.4) is 0 Å². The Kier molecular flexibility index (Phi) is 5.33. The molecule has 0 amide bonds. The van der Waals surface area contributed by atoms with Gasteiger partial charge >= 0.3 is 5.97 Å². The SMILES string of the molecule is CCOC(=O)C(C)COc1ccc(NC)cc1. The summed E-state index contributed by atoms with van der Waals surface area (Å²) in [7, 11) is 1.86. The fourth-order valence-corrected chi connectivity index (χ4v) is 1.29. The normalized spacial score (nSPS) is 11.7. The largest absolute Gasteiger partial charge is 0.493 e. The molecule has 0 aromatic heterocycles. The van der Waals surface area contributed by atoms with Crippen molar-refractivity contribution >= 4 is 11.7 Å². The highest BCUT2D eigenvalue weighted by atomic mass is 16.5. The molecule has 1 unspecified atom stereocenters. The minimum absolute atomic E-state index is 0.223. The van der Waals surface area contributed by atoms with Crippen LogP contribution < -0.4 is 10.1 Å². The van der Waals surface area contributed by atoms with Gasteiger partial charge in [0.1, 0.15) is 12.4 Å². The molecule has 0 radical (unpaired) electrons. The Labute approximate surface area is 102 Å². The van der Waals surface area contributed by atoms with Crippen molar-refractivity contribution in [2.45, 2.75) is 13.8 Å². The lowest BCUT2D eigenvalue weighted by molar-refractivity contribution is -0.148. The average Bonchev–Trinajstić information content (AvgIpc) is 2.36. The highest BCUT2D eigenvalue weighted by Crippen LogP contribution is 2.16. The Hall–Kier alpha value is -1.71. The van der Waals surface area contributed by atoms with Crippen molar-refractivity contribution in [1.29, 1.82) is 0 Å². The third-order valence-corrected chi connectivity index (χ3v) is 2.33. The summed E-state index contributed by atoms with van der Waals surface area (Å²) in [5.41, 5.74) is 1.02. The lowest BCUT2D eigenvalue weighted by Gasteiger charge is -2.12. The molecule has 1 rings (SSSR count). The first-order chi connectivity index (χ1) is 8.17. The van der Waals surface area contributed by atoms with E-state index < -0.39 is 0 Å². The molecule has 1 aromatic carbocycles. The second-order valence-electron chi connectivity index (χ2n) is 3.74. The van der Waals surface area contributed by atoms with Crippen molar-refractivity contribution in [1.82, 2.24) is 0 Å².